The number of rotatable bonds is 11. The first kappa shape index (κ1) is 36.9. The molecule has 58 heavy (non-hydrogen) atoms. The number of hydrogen-bond acceptors (Lipinski definition) is 6. The van der Waals surface area contributed by atoms with E-state index >= 15 is 0 Å². The average molecular weight is 773 g/mol. The predicted octanol–water partition coefficient (Wildman–Crippen LogP) is 10.8. The predicted molar refractivity (Wildman–Crippen MR) is 245 cm³/mol. The van der Waals surface area contributed by atoms with E-state index in [1.807, 2.05) is 12.1 Å². The first-order valence-electron chi connectivity index (χ1n) is 21.4. The van der Waals surface area contributed by atoms with Crippen LogP contribution < -0.4 is 20.1 Å². The van der Waals surface area contributed by atoms with Crippen molar-refractivity contribution in [3.63, 3.8) is 0 Å². The van der Waals surface area contributed by atoms with Gasteiger partial charge in [-0.05, 0) is 183 Å². The summed E-state index contributed by atoms with van der Waals surface area (Å²) in [6, 6.07) is 30.9. The van der Waals surface area contributed by atoms with Crippen LogP contribution in [-0.2, 0) is 0 Å². The van der Waals surface area contributed by atoms with E-state index in [9.17, 15) is 0 Å². The van der Waals surface area contributed by atoms with Crippen molar-refractivity contribution in [3.8, 4) is 11.5 Å². The van der Waals surface area contributed by atoms with E-state index in [1.54, 1.807) is 14.2 Å². The first-order chi connectivity index (χ1) is 28.4. The SMILES string of the molecule is COc1ccc2[nH]c3c(C)cc4cc(NCCN5CCC(C6CCN(CCNc7ccc8c(c7)cc(C)c7[nH]c9ccc(OC)cc9c78)CC6)CC5)ccc4c3c2c1. The molecule has 4 N–H and O–H groups in total. The fourth-order valence-electron chi connectivity index (χ4n) is 10.4. The summed E-state index contributed by atoms with van der Waals surface area (Å²) in [5, 5.41) is 17.6. The van der Waals surface area contributed by atoms with Crippen molar-refractivity contribution in [1.29, 1.82) is 0 Å². The van der Waals surface area contributed by atoms with Gasteiger partial charge in [-0.3, -0.25) is 0 Å². The van der Waals surface area contributed by atoms with Crippen LogP contribution in [0.5, 0.6) is 11.5 Å². The molecule has 10 rings (SSSR count). The summed E-state index contributed by atoms with van der Waals surface area (Å²) in [6.07, 6.45) is 5.36. The van der Waals surface area contributed by atoms with Crippen molar-refractivity contribution in [2.45, 2.75) is 39.5 Å². The Morgan fingerprint density at radius 2 is 0.966 bits per heavy atom. The quantitative estimate of drug-likeness (QED) is 0.105. The van der Waals surface area contributed by atoms with Gasteiger partial charge in [0.1, 0.15) is 11.5 Å². The highest BCUT2D eigenvalue weighted by Crippen LogP contribution is 2.39. The number of likely N-dealkylation sites (tertiary alicyclic amines) is 2. The van der Waals surface area contributed by atoms with Gasteiger partial charge >= 0.3 is 0 Å². The monoisotopic (exact) mass is 772 g/mol. The Morgan fingerprint density at radius 1 is 0.534 bits per heavy atom. The maximum Gasteiger partial charge on any atom is 0.119 e. The van der Waals surface area contributed by atoms with E-state index in [0.29, 0.717) is 0 Å². The lowest BCUT2D eigenvalue weighted by molar-refractivity contribution is 0.0996. The summed E-state index contributed by atoms with van der Waals surface area (Å²) in [5.74, 6) is 3.53. The minimum atomic E-state index is 0.875. The minimum absolute atomic E-state index is 0.875. The lowest BCUT2D eigenvalue weighted by Gasteiger charge is -2.40. The molecule has 0 saturated carbocycles. The van der Waals surface area contributed by atoms with Crippen molar-refractivity contribution in [2.75, 3.05) is 77.2 Å². The molecule has 4 heterocycles. The number of H-pyrrole nitrogens is 2. The van der Waals surface area contributed by atoms with Crippen LogP contribution in [0.3, 0.4) is 0 Å². The number of aryl methyl sites for hydroxylation is 2. The molecule has 8 aromatic rings. The van der Waals surface area contributed by atoms with Crippen molar-refractivity contribution in [2.24, 2.45) is 11.8 Å². The molecule has 8 heteroatoms. The molecule has 2 fully saturated rings. The van der Waals surface area contributed by atoms with Crippen LogP contribution in [0, 0.1) is 25.7 Å². The lowest BCUT2D eigenvalue weighted by Crippen LogP contribution is -2.42. The van der Waals surface area contributed by atoms with Gasteiger partial charge in [0.25, 0.3) is 0 Å². The molecule has 0 radical (unpaired) electrons. The van der Waals surface area contributed by atoms with Gasteiger partial charge in [-0.25, -0.2) is 0 Å². The number of methoxy groups -OCH3 is 2. The fourth-order valence-corrected chi connectivity index (χ4v) is 10.4. The van der Waals surface area contributed by atoms with E-state index < -0.39 is 0 Å². The number of anilines is 2. The van der Waals surface area contributed by atoms with Crippen LogP contribution in [0.4, 0.5) is 11.4 Å². The van der Waals surface area contributed by atoms with Gasteiger partial charge in [0.2, 0.25) is 0 Å². The number of aromatic amines is 2. The van der Waals surface area contributed by atoms with E-state index in [-0.39, 0.29) is 0 Å². The van der Waals surface area contributed by atoms with Gasteiger partial charge in [-0.15, -0.1) is 0 Å². The summed E-state index contributed by atoms with van der Waals surface area (Å²) in [7, 11) is 3.47. The number of aromatic nitrogens is 2. The smallest absolute Gasteiger partial charge is 0.119 e. The second-order valence-corrected chi connectivity index (χ2v) is 17.0. The van der Waals surface area contributed by atoms with Crippen molar-refractivity contribution >= 4 is 76.5 Å². The van der Waals surface area contributed by atoms with Crippen LogP contribution in [0.2, 0.25) is 0 Å². The Labute approximate surface area is 340 Å². The fraction of sp³-hybridized carbons (Fsp3) is 0.360. The zero-order chi connectivity index (χ0) is 39.3. The number of hydrogen-bond donors (Lipinski definition) is 4. The third kappa shape index (κ3) is 6.86. The number of piperidine rings is 2. The van der Waals surface area contributed by atoms with Gasteiger partial charge in [-0.2, -0.15) is 0 Å². The molecule has 0 amide bonds. The largest absolute Gasteiger partial charge is 0.497 e. The summed E-state index contributed by atoms with van der Waals surface area (Å²) < 4.78 is 11.1. The molecule has 8 nitrogen and oxygen atoms in total. The normalized spacial score (nSPS) is 16.4. The topological polar surface area (TPSA) is 80.6 Å². The summed E-state index contributed by atoms with van der Waals surface area (Å²) in [5.41, 5.74) is 9.64. The van der Waals surface area contributed by atoms with Gasteiger partial charge in [0.05, 0.1) is 25.3 Å². The number of ether oxygens (including phenoxy) is 2. The summed E-state index contributed by atoms with van der Waals surface area (Å²) >= 11 is 0. The van der Waals surface area contributed by atoms with Crippen LogP contribution in [-0.4, -0.2) is 86.3 Å². The number of benzene rings is 6. The molecular weight excluding hydrogens is 717 g/mol. The first-order valence-corrected chi connectivity index (χ1v) is 21.4. The maximum atomic E-state index is 5.55. The van der Waals surface area contributed by atoms with Crippen molar-refractivity contribution < 1.29 is 9.47 Å². The summed E-state index contributed by atoms with van der Waals surface area (Å²) in [6.45, 7) is 13.4. The number of nitrogens with zero attached hydrogens (tertiary/aromatic N) is 2. The second kappa shape index (κ2) is 15.4. The number of nitrogens with one attached hydrogen (secondary N) is 4. The minimum Gasteiger partial charge on any atom is -0.497 e. The Kier molecular flexibility index (Phi) is 9.78. The van der Waals surface area contributed by atoms with E-state index in [4.69, 9.17) is 9.47 Å². The third-order valence-electron chi connectivity index (χ3n) is 13.6. The van der Waals surface area contributed by atoms with E-state index in [0.717, 1.165) is 60.5 Å². The van der Waals surface area contributed by atoms with Gasteiger partial charge < -0.3 is 39.9 Å². The zero-order valence-corrected chi connectivity index (χ0v) is 34.4. The van der Waals surface area contributed by atoms with Gasteiger partial charge in [0, 0.05) is 70.1 Å². The van der Waals surface area contributed by atoms with Crippen LogP contribution in [0.25, 0.3) is 65.2 Å². The Bertz CT molecular complexity index is 2590. The van der Waals surface area contributed by atoms with Crippen LogP contribution in [0.1, 0.15) is 36.8 Å². The standard InChI is InChI=1S/C50H56N6O2/c1-31-25-35-27-37(5-9-41(35)47-43-29-39(57-3)7-11-45(43)53-49(31)47)51-17-23-55-19-13-33(14-20-55)34-15-21-56(22-16-34)24-18-52-38-6-10-42-36(28-38)26-32(2)50-48(42)44-30-40(58-4)8-12-46(44)54-50/h5-12,25-30,33-34,51-54H,13-24H2,1-4H3. The Balaban J connectivity index is 0.682. The Morgan fingerprint density at radius 3 is 1.38 bits per heavy atom. The Hall–Kier alpha value is -5.44. The highest BCUT2D eigenvalue weighted by molar-refractivity contribution is 6.22. The molecular formula is C50H56N6O2. The molecule has 2 aliphatic heterocycles. The van der Waals surface area contributed by atoms with Gasteiger partial charge in [0.15, 0.2) is 0 Å². The average Bonchev–Trinajstić information content (AvgIpc) is 3.84. The van der Waals surface area contributed by atoms with Gasteiger partial charge in [-0.1, -0.05) is 12.1 Å². The molecule has 0 aliphatic carbocycles. The maximum absolute atomic E-state index is 5.55. The zero-order valence-electron chi connectivity index (χ0n) is 34.4. The summed E-state index contributed by atoms with van der Waals surface area (Å²) in [4.78, 5) is 12.6. The second-order valence-electron chi connectivity index (χ2n) is 17.0. The van der Waals surface area contributed by atoms with Crippen molar-refractivity contribution in [3.05, 3.63) is 96.1 Å². The molecule has 0 bridgehead atoms. The van der Waals surface area contributed by atoms with Crippen LogP contribution in [0.15, 0.2) is 84.9 Å². The molecule has 2 saturated heterocycles. The number of fused-ring (bicyclic) bond motifs is 10. The molecule has 6 aromatic carbocycles. The molecule has 0 spiro atoms. The molecule has 2 aromatic heterocycles. The molecule has 0 unspecified atom stereocenters. The highest BCUT2D eigenvalue weighted by atomic mass is 16.5. The third-order valence-corrected chi connectivity index (χ3v) is 13.6. The van der Waals surface area contributed by atoms with Crippen molar-refractivity contribution in [1.82, 2.24) is 19.8 Å². The molecule has 298 valence electrons. The molecule has 2 aliphatic rings. The van der Waals surface area contributed by atoms with E-state index in [1.165, 1.54) is 128 Å². The lowest BCUT2D eigenvalue weighted by atomic mass is 9.79. The van der Waals surface area contributed by atoms with Crippen LogP contribution >= 0.6 is 0 Å². The molecule has 0 atom stereocenters. The van der Waals surface area contributed by atoms with E-state index in [2.05, 4.69) is 117 Å². The highest BCUT2D eigenvalue weighted by Gasteiger charge is 2.29.